The van der Waals surface area contributed by atoms with Gasteiger partial charge in [-0.25, -0.2) is 4.98 Å². The van der Waals surface area contributed by atoms with Crippen LogP contribution in [0.3, 0.4) is 0 Å². The predicted molar refractivity (Wildman–Crippen MR) is 86.2 cm³/mol. The molecular formula is C15H15N3O3S. The van der Waals surface area contributed by atoms with Gasteiger partial charge in [-0.1, -0.05) is 23.9 Å². The Morgan fingerprint density at radius 2 is 2.09 bits per heavy atom. The minimum atomic E-state index is -0.505. The highest BCUT2D eigenvalue weighted by Crippen LogP contribution is 2.20. The molecule has 0 aliphatic rings. The SMILES string of the molecule is Cc1cccc(NC(=O)CSc2ccc([N+](=O)[O-])cn2)c1C. The molecule has 7 heteroatoms. The van der Waals surface area contributed by atoms with Crippen LogP contribution < -0.4 is 5.32 Å². The summed E-state index contributed by atoms with van der Waals surface area (Å²) in [5.74, 6) is 0.0527. The largest absolute Gasteiger partial charge is 0.325 e. The zero-order valence-corrected chi connectivity index (χ0v) is 13.0. The van der Waals surface area contributed by atoms with E-state index in [9.17, 15) is 14.9 Å². The number of benzene rings is 1. The Kier molecular flexibility index (Phi) is 5.11. The third-order valence-corrected chi connectivity index (χ3v) is 4.11. The van der Waals surface area contributed by atoms with Crippen molar-refractivity contribution in [1.82, 2.24) is 4.98 Å². The van der Waals surface area contributed by atoms with Gasteiger partial charge in [0.1, 0.15) is 6.20 Å². The van der Waals surface area contributed by atoms with Crippen LogP contribution in [-0.2, 0) is 4.79 Å². The Morgan fingerprint density at radius 1 is 1.32 bits per heavy atom. The van der Waals surface area contributed by atoms with Gasteiger partial charge in [0.2, 0.25) is 5.91 Å². The van der Waals surface area contributed by atoms with Gasteiger partial charge < -0.3 is 5.32 Å². The van der Waals surface area contributed by atoms with Crippen LogP contribution in [0, 0.1) is 24.0 Å². The molecule has 0 saturated carbocycles. The number of hydrogen-bond donors (Lipinski definition) is 1. The fourth-order valence-corrected chi connectivity index (χ4v) is 2.42. The number of aromatic nitrogens is 1. The second-order valence-corrected chi connectivity index (χ2v) is 5.69. The zero-order chi connectivity index (χ0) is 16.1. The first-order valence-electron chi connectivity index (χ1n) is 6.56. The quantitative estimate of drug-likeness (QED) is 0.519. The Hall–Kier alpha value is -2.41. The van der Waals surface area contributed by atoms with Crippen molar-refractivity contribution < 1.29 is 9.72 Å². The van der Waals surface area contributed by atoms with Gasteiger partial charge in [-0.05, 0) is 37.1 Å². The lowest BCUT2D eigenvalue weighted by atomic mass is 10.1. The molecule has 1 N–H and O–H groups in total. The molecule has 0 aliphatic heterocycles. The van der Waals surface area contributed by atoms with E-state index in [0.717, 1.165) is 16.8 Å². The number of nitro groups is 1. The van der Waals surface area contributed by atoms with Crippen molar-refractivity contribution in [2.24, 2.45) is 0 Å². The van der Waals surface area contributed by atoms with Gasteiger partial charge in [0.25, 0.3) is 5.69 Å². The molecule has 0 saturated heterocycles. The van der Waals surface area contributed by atoms with Gasteiger partial charge in [0, 0.05) is 11.8 Å². The van der Waals surface area contributed by atoms with Crippen LogP contribution in [0.2, 0.25) is 0 Å². The summed E-state index contributed by atoms with van der Waals surface area (Å²) in [6, 6.07) is 8.64. The number of nitrogens with zero attached hydrogens (tertiary/aromatic N) is 2. The van der Waals surface area contributed by atoms with Crippen LogP contribution in [0.25, 0.3) is 0 Å². The molecule has 114 valence electrons. The van der Waals surface area contributed by atoms with Crippen molar-refractivity contribution in [3.63, 3.8) is 0 Å². The van der Waals surface area contributed by atoms with E-state index in [0.29, 0.717) is 5.03 Å². The van der Waals surface area contributed by atoms with Crippen LogP contribution in [0.15, 0.2) is 41.6 Å². The molecule has 1 amide bonds. The van der Waals surface area contributed by atoms with Crippen molar-refractivity contribution in [1.29, 1.82) is 0 Å². The van der Waals surface area contributed by atoms with Crippen LogP contribution in [0.1, 0.15) is 11.1 Å². The maximum atomic E-state index is 12.0. The molecule has 2 aromatic rings. The molecule has 0 radical (unpaired) electrons. The van der Waals surface area contributed by atoms with E-state index in [-0.39, 0.29) is 17.3 Å². The Morgan fingerprint density at radius 3 is 2.73 bits per heavy atom. The summed E-state index contributed by atoms with van der Waals surface area (Å²) in [6.45, 7) is 3.94. The highest BCUT2D eigenvalue weighted by Gasteiger charge is 2.09. The lowest BCUT2D eigenvalue weighted by Crippen LogP contribution is -2.15. The maximum Gasteiger partial charge on any atom is 0.287 e. The molecule has 0 bridgehead atoms. The topological polar surface area (TPSA) is 85.1 Å². The van der Waals surface area contributed by atoms with Gasteiger partial charge in [-0.2, -0.15) is 0 Å². The van der Waals surface area contributed by atoms with Gasteiger partial charge in [0.05, 0.1) is 15.7 Å². The third-order valence-electron chi connectivity index (χ3n) is 3.16. The second kappa shape index (κ2) is 7.04. The van der Waals surface area contributed by atoms with Crippen molar-refractivity contribution >= 4 is 29.0 Å². The minimum absolute atomic E-state index is 0.0656. The fraction of sp³-hybridized carbons (Fsp3) is 0.200. The van der Waals surface area contributed by atoms with E-state index >= 15 is 0 Å². The molecule has 0 spiro atoms. The lowest BCUT2D eigenvalue weighted by molar-refractivity contribution is -0.385. The summed E-state index contributed by atoms with van der Waals surface area (Å²) in [5, 5.41) is 14.0. The van der Waals surface area contributed by atoms with E-state index in [4.69, 9.17) is 0 Å². The molecule has 2 rings (SSSR count). The lowest BCUT2D eigenvalue weighted by Gasteiger charge is -2.10. The van der Waals surface area contributed by atoms with Gasteiger partial charge in [-0.3, -0.25) is 14.9 Å². The molecule has 0 atom stereocenters. The Bertz CT molecular complexity index is 702. The molecule has 0 aliphatic carbocycles. The summed E-state index contributed by atoms with van der Waals surface area (Å²) in [6.07, 6.45) is 1.19. The number of carbonyl (C=O) groups is 1. The summed E-state index contributed by atoms with van der Waals surface area (Å²) in [5.41, 5.74) is 2.88. The van der Waals surface area contributed by atoms with Crippen molar-refractivity contribution in [2.75, 3.05) is 11.1 Å². The molecule has 6 nitrogen and oxygen atoms in total. The number of thioether (sulfide) groups is 1. The number of hydrogen-bond acceptors (Lipinski definition) is 5. The van der Waals surface area contributed by atoms with Gasteiger partial charge >= 0.3 is 0 Å². The number of aryl methyl sites for hydroxylation is 1. The highest BCUT2D eigenvalue weighted by molar-refractivity contribution is 7.99. The molecule has 1 aromatic carbocycles. The summed E-state index contributed by atoms with van der Waals surface area (Å²) in [7, 11) is 0. The number of amides is 1. The van der Waals surface area contributed by atoms with Crippen molar-refractivity contribution in [3.05, 3.63) is 57.8 Å². The first kappa shape index (κ1) is 16.0. The summed E-state index contributed by atoms with van der Waals surface area (Å²) >= 11 is 1.23. The number of anilines is 1. The van der Waals surface area contributed by atoms with E-state index in [1.807, 2.05) is 32.0 Å². The number of pyridine rings is 1. The van der Waals surface area contributed by atoms with E-state index in [2.05, 4.69) is 10.3 Å². The summed E-state index contributed by atoms with van der Waals surface area (Å²) < 4.78 is 0. The molecular weight excluding hydrogens is 302 g/mol. The molecule has 0 fully saturated rings. The number of nitrogens with one attached hydrogen (secondary N) is 1. The molecule has 1 aromatic heterocycles. The van der Waals surface area contributed by atoms with Gasteiger partial charge in [-0.15, -0.1) is 0 Å². The molecule has 0 unspecified atom stereocenters. The Balaban J connectivity index is 1.92. The maximum absolute atomic E-state index is 12.0. The first-order valence-corrected chi connectivity index (χ1v) is 7.55. The van der Waals surface area contributed by atoms with Gasteiger partial charge in [0.15, 0.2) is 0 Å². The number of carbonyl (C=O) groups excluding carboxylic acids is 1. The number of rotatable bonds is 5. The minimum Gasteiger partial charge on any atom is -0.325 e. The summed E-state index contributed by atoms with van der Waals surface area (Å²) in [4.78, 5) is 25.9. The van der Waals surface area contributed by atoms with E-state index < -0.39 is 4.92 Å². The predicted octanol–water partition coefficient (Wildman–Crippen LogP) is 3.34. The van der Waals surface area contributed by atoms with E-state index in [1.54, 1.807) is 0 Å². The average Bonchev–Trinajstić information content (AvgIpc) is 2.50. The highest BCUT2D eigenvalue weighted by atomic mass is 32.2. The van der Waals surface area contributed by atoms with E-state index in [1.165, 1.54) is 30.1 Å². The van der Waals surface area contributed by atoms with Crippen LogP contribution in [0.4, 0.5) is 11.4 Å². The molecule has 1 heterocycles. The van der Waals surface area contributed by atoms with Crippen LogP contribution in [0.5, 0.6) is 0 Å². The van der Waals surface area contributed by atoms with Crippen molar-refractivity contribution in [2.45, 2.75) is 18.9 Å². The second-order valence-electron chi connectivity index (χ2n) is 4.70. The fourth-order valence-electron chi connectivity index (χ4n) is 1.78. The smallest absolute Gasteiger partial charge is 0.287 e. The average molecular weight is 317 g/mol. The van der Waals surface area contributed by atoms with Crippen LogP contribution in [-0.4, -0.2) is 21.6 Å². The first-order chi connectivity index (χ1) is 10.5. The monoisotopic (exact) mass is 317 g/mol. The third kappa shape index (κ3) is 4.05. The Labute approximate surface area is 132 Å². The normalized spacial score (nSPS) is 10.3. The van der Waals surface area contributed by atoms with Crippen molar-refractivity contribution in [3.8, 4) is 0 Å². The zero-order valence-electron chi connectivity index (χ0n) is 12.2. The van der Waals surface area contributed by atoms with Crippen LogP contribution >= 0.6 is 11.8 Å². The standard InChI is InChI=1S/C15H15N3O3S/c1-10-4-3-5-13(11(10)2)17-14(19)9-22-15-7-6-12(8-16-15)18(20)21/h3-8H,9H2,1-2H3,(H,17,19). The molecule has 22 heavy (non-hydrogen) atoms.